The first kappa shape index (κ1) is 34.7. The van der Waals surface area contributed by atoms with E-state index in [9.17, 15) is 24.3 Å². The number of aliphatic hydroxyl groups is 1. The summed E-state index contributed by atoms with van der Waals surface area (Å²) in [5.41, 5.74) is -0.582. The summed E-state index contributed by atoms with van der Waals surface area (Å²) in [4.78, 5) is 60.6. The van der Waals surface area contributed by atoms with Crippen molar-refractivity contribution in [3.05, 3.63) is 61.2 Å². The Balaban J connectivity index is 1.42. The predicted octanol–water partition coefficient (Wildman–Crippen LogP) is 1.46. The Morgan fingerprint density at radius 3 is 2.62 bits per heavy atom. The van der Waals surface area contributed by atoms with E-state index in [2.05, 4.69) is 23.4 Å². The van der Waals surface area contributed by atoms with Gasteiger partial charge in [0, 0.05) is 39.1 Å². The third kappa shape index (κ3) is 7.15. The molecule has 0 radical (unpaired) electrons. The molecule has 4 saturated heterocycles. The quantitative estimate of drug-likeness (QED) is 0.201. The SMILES string of the molecule is C=CCCC(=O)NC[C@H](C)OC(=O)[C@@H]1[C@@H]2CC[C@]3(O2)[C@H](C(=O)N(CC=C)CCN2CCOCC2)N([C@H](CO)c2ccccc2)C(=O)[C@@H]13. The third-order valence-electron chi connectivity index (χ3n) is 9.87. The number of rotatable bonds is 16. The van der Waals surface area contributed by atoms with Crippen molar-refractivity contribution in [1.82, 2.24) is 20.0 Å². The van der Waals surface area contributed by atoms with Crippen molar-refractivity contribution in [3.63, 3.8) is 0 Å². The average molecular weight is 653 g/mol. The smallest absolute Gasteiger partial charge is 0.312 e. The van der Waals surface area contributed by atoms with Crippen molar-refractivity contribution >= 4 is 23.7 Å². The number of fused-ring (bicyclic) bond motifs is 1. The fraction of sp³-hybridized carbons (Fsp3) is 0.600. The van der Waals surface area contributed by atoms with Crippen molar-refractivity contribution in [1.29, 1.82) is 0 Å². The van der Waals surface area contributed by atoms with E-state index >= 15 is 0 Å². The van der Waals surface area contributed by atoms with Gasteiger partial charge in [0.05, 0.1) is 50.3 Å². The molecule has 1 aromatic rings. The zero-order valence-electron chi connectivity index (χ0n) is 27.3. The highest BCUT2D eigenvalue weighted by atomic mass is 16.6. The lowest BCUT2D eigenvalue weighted by Gasteiger charge is -2.40. The number of nitrogens with zero attached hydrogens (tertiary/aromatic N) is 3. The molecule has 47 heavy (non-hydrogen) atoms. The van der Waals surface area contributed by atoms with Crippen LogP contribution in [0.4, 0.5) is 0 Å². The second-order valence-electron chi connectivity index (χ2n) is 12.8. The molecule has 1 spiro atoms. The summed E-state index contributed by atoms with van der Waals surface area (Å²) < 4.78 is 17.9. The minimum atomic E-state index is -1.26. The summed E-state index contributed by atoms with van der Waals surface area (Å²) in [6.45, 7) is 13.0. The summed E-state index contributed by atoms with van der Waals surface area (Å²) in [5.74, 6) is -3.36. The van der Waals surface area contributed by atoms with Crippen molar-refractivity contribution in [2.24, 2.45) is 11.8 Å². The normalized spacial score (nSPS) is 28.0. The predicted molar refractivity (Wildman–Crippen MR) is 173 cm³/mol. The topological polar surface area (TPSA) is 138 Å². The van der Waals surface area contributed by atoms with Crippen LogP contribution >= 0.6 is 0 Å². The molecule has 7 atom stereocenters. The zero-order chi connectivity index (χ0) is 33.6. The van der Waals surface area contributed by atoms with Crippen LogP contribution in [0.3, 0.4) is 0 Å². The average Bonchev–Trinajstić information content (AvgIpc) is 3.73. The monoisotopic (exact) mass is 652 g/mol. The van der Waals surface area contributed by atoms with Crippen molar-refractivity contribution in [2.75, 3.05) is 59.1 Å². The van der Waals surface area contributed by atoms with Gasteiger partial charge in [-0.05, 0) is 31.7 Å². The number of likely N-dealkylation sites (tertiary alicyclic amines) is 1. The summed E-state index contributed by atoms with van der Waals surface area (Å²) in [7, 11) is 0. The second-order valence-corrected chi connectivity index (χ2v) is 12.8. The van der Waals surface area contributed by atoms with Gasteiger partial charge >= 0.3 is 5.97 Å². The number of hydrogen-bond donors (Lipinski definition) is 2. The van der Waals surface area contributed by atoms with Gasteiger partial charge in [0.1, 0.15) is 17.7 Å². The van der Waals surface area contributed by atoms with Gasteiger partial charge in [-0.15, -0.1) is 13.2 Å². The van der Waals surface area contributed by atoms with Crippen LogP contribution in [0.1, 0.15) is 44.2 Å². The van der Waals surface area contributed by atoms with Crippen LogP contribution < -0.4 is 5.32 Å². The molecule has 4 aliphatic rings. The maximum absolute atomic E-state index is 14.7. The zero-order valence-corrected chi connectivity index (χ0v) is 27.3. The van der Waals surface area contributed by atoms with Crippen LogP contribution in [0.2, 0.25) is 0 Å². The van der Waals surface area contributed by atoms with Gasteiger partial charge in [-0.3, -0.25) is 24.1 Å². The molecule has 0 saturated carbocycles. The molecule has 0 unspecified atom stereocenters. The Kier molecular flexibility index (Phi) is 11.5. The maximum Gasteiger partial charge on any atom is 0.312 e. The molecule has 0 aromatic heterocycles. The van der Waals surface area contributed by atoms with E-state index in [0.29, 0.717) is 51.1 Å². The van der Waals surface area contributed by atoms with E-state index in [4.69, 9.17) is 14.2 Å². The number of allylic oxidation sites excluding steroid dienone is 1. The molecular formula is C35H48N4O8. The second kappa shape index (κ2) is 15.5. The van der Waals surface area contributed by atoms with Crippen LogP contribution in [-0.4, -0.2) is 126 Å². The van der Waals surface area contributed by atoms with Crippen LogP contribution in [0.15, 0.2) is 55.6 Å². The molecule has 4 heterocycles. The van der Waals surface area contributed by atoms with Gasteiger partial charge in [0.15, 0.2) is 0 Å². The van der Waals surface area contributed by atoms with Gasteiger partial charge in [-0.2, -0.15) is 0 Å². The highest BCUT2D eigenvalue weighted by Gasteiger charge is 2.75. The third-order valence-corrected chi connectivity index (χ3v) is 9.87. The van der Waals surface area contributed by atoms with E-state index in [0.717, 1.165) is 13.1 Å². The Morgan fingerprint density at radius 2 is 1.94 bits per heavy atom. The molecular weight excluding hydrogens is 604 g/mol. The van der Waals surface area contributed by atoms with Crippen LogP contribution in [0.5, 0.6) is 0 Å². The lowest BCUT2D eigenvalue weighted by Crippen LogP contribution is -2.58. The highest BCUT2D eigenvalue weighted by molar-refractivity contribution is 5.98. The Morgan fingerprint density at radius 1 is 1.19 bits per heavy atom. The van der Waals surface area contributed by atoms with Crippen LogP contribution in [0.25, 0.3) is 0 Å². The Hall–Kier alpha value is -3.58. The fourth-order valence-electron chi connectivity index (χ4n) is 7.61. The highest BCUT2D eigenvalue weighted by Crippen LogP contribution is 2.60. The molecule has 256 valence electrons. The van der Waals surface area contributed by atoms with E-state index in [-0.39, 0.29) is 31.3 Å². The number of carbonyl (C=O) groups is 4. The largest absolute Gasteiger partial charge is 0.460 e. The Labute approximate surface area is 276 Å². The molecule has 1 aromatic carbocycles. The molecule has 0 aliphatic carbocycles. The number of aliphatic hydroxyl groups excluding tert-OH is 1. The molecule has 4 aliphatic heterocycles. The summed E-state index contributed by atoms with van der Waals surface area (Å²) in [6.07, 6.45) is 3.82. The lowest BCUT2D eigenvalue weighted by molar-refractivity contribution is -0.160. The van der Waals surface area contributed by atoms with E-state index < -0.39 is 60.2 Å². The number of benzene rings is 1. The number of hydrogen-bond acceptors (Lipinski definition) is 9. The number of morpholine rings is 1. The van der Waals surface area contributed by atoms with Crippen molar-refractivity contribution in [2.45, 2.75) is 62.5 Å². The van der Waals surface area contributed by atoms with Crippen LogP contribution in [0, 0.1) is 11.8 Å². The molecule has 3 amide bonds. The molecule has 12 nitrogen and oxygen atoms in total. The van der Waals surface area contributed by atoms with Gasteiger partial charge < -0.3 is 34.4 Å². The van der Waals surface area contributed by atoms with Crippen molar-refractivity contribution in [3.8, 4) is 0 Å². The molecule has 4 fully saturated rings. The van der Waals surface area contributed by atoms with Gasteiger partial charge in [0.2, 0.25) is 17.7 Å². The first-order chi connectivity index (χ1) is 22.7. The number of esters is 1. The van der Waals surface area contributed by atoms with E-state index in [1.807, 2.05) is 30.3 Å². The van der Waals surface area contributed by atoms with Crippen LogP contribution in [-0.2, 0) is 33.4 Å². The lowest BCUT2D eigenvalue weighted by atomic mass is 9.70. The fourth-order valence-corrected chi connectivity index (χ4v) is 7.61. The minimum Gasteiger partial charge on any atom is -0.460 e. The molecule has 12 heteroatoms. The van der Waals surface area contributed by atoms with Gasteiger partial charge in [0.25, 0.3) is 0 Å². The standard InChI is InChI=1S/C35H48N4O8/c1-4-6-12-28(41)36-22-24(3)46-34(44)29-27-13-14-35(47-27)30(29)32(42)39(26(23-40)25-10-8-7-9-11-25)31(35)33(43)38(15-5-2)17-16-37-18-20-45-21-19-37/h4-5,7-11,24,26-27,29-31,40H,1-2,6,12-23H2,3H3,(H,36,41)/t24-,26+,27-,29+,30+,31-,35+/m0/s1. The molecule has 5 rings (SSSR count). The number of amides is 3. The first-order valence-corrected chi connectivity index (χ1v) is 16.7. The number of ether oxygens (including phenoxy) is 3. The number of nitrogens with one attached hydrogen (secondary N) is 1. The molecule has 2 bridgehead atoms. The maximum atomic E-state index is 14.7. The number of carbonyl (C=O) groups excluding carboxylic acids is 4. The summed E-state index contributed by atoms with van der Waals surface area (Å²) in [5, 5.41) is 13.5. The van der Waals surface area contributed by atoms with E-state index in [1.54, 1.807) is 24.0 Å². The summed E-state index contributed by atoms with van der Waals surface area (Å²) >= 11 is 0. The van der Waals surface area contributed by atoms with Crippen molar-refractivity contribution < 1.29 is 38.5 Å². The van der Waals surface area contributed by atoms with Gasteiger partial charge in [-0.25, -0.2) is 0 Å². The Bertz CT molecular complexity index is 1300. The molecule has 2 N–H and O–H groups in total. The first-order valence-electron chi connectivity index (χ1n) is 16.7. The van der Waals surface area contributed by atoms with E-state index in [1.165, 1.54) is 4.90 Å². The van der Waals surface area contributed by atoms with Gasteiger partial charge in [-0.1, -0.05) is 42.5 Å². The summed E-state index contributed by atoms with van der Waals surface area (Å²) in [6, 6.07) is 7.23. The minimum absolute atomic E-state index is 0.122.